The number of nitrogens with one attached hydrogen (secondary N) is 2. The maximum atomic E-state index is 12.4. The Morgan fingerprint density at radius 2 is 2.26 bits per heavy atom. The third-order valence-electron chi connectivity index (χ3n) is 3.76. The van der Waals surface area contributed by atoms with Crippen LogP contribution in [0.3, 0.4) is 0 Å². The molecule has 0 saturated carbocycles. The molecule has 3 rings (SSSR count). The Balaban J connectivity index is 2.23. The van der Waals surface area contributed by atoms with Crippen LogP contribution >= 0.6 is 0 Å². The predicted molar refractivity (Wildman–Crippen MR) is 72.3 cm³/mol. The highest BCUT2D eigenvalue weighted by Crippen LogP contribution is 2.29. The maximum absolute atomic E-state index is 12.4. The Kier molecular flexibility index (Phi) is 2.64. The second kappa shape index (κ2) is 4.20. The molecule has 0 aliphatic heterocycles. The van der Waals surface area contributed by atoms with E-state index in [9.17, 15) is 9.59 Å². The van der Waals surface area contributed by atoms with Gasteiger partial charge in [-0.2, -0.15) is 0 Å². The van der Waals surface area contributed by atoms with Crippen molar-refractivity contribution in [3.8, 4) is 0 Å². The van der Waals surface area contributed by atoms with Crippen LogP contribution in [-0.2, 0) is 6.42 Å². The van der Waals surface area contributed by atoms with Crippen LogP contribution in [-0.4, -0.2) is 29.8 Å². The van der Waals surface area contributed by atoms with Crippen molar-refractivity contribution in [3.63, 3.8) is 0 Å². The molecule has 4 N–H and O–H groups in total. The lowest BCUT2D eigenvalue weighted by atomic mass is 9.90. The van der Waals surface area contributed by atoms with Crippen LogP contribution in [0.1, 0.15) is 32.8 Å². The first-order valence-electron chi connectivity index (χ1n) is 6.27. The van der Waals surface area contributed by atoms with Gasteiger partial charge in [0.1, 0.15) is 0 Å². The number of aromatic amines is 1. The molecule has 5 nitrogen and oxygen atoms in total. The number of hydrogen-bond acceptors (Lipinski definition) is 3. The summed E-state index contributed by atoms with van der Waals surface area (Å²) in [5, 5.41) is 3.82. The number of aromatic nitrogens is 1. The van der Waals surface area contributed by atoms with Crippen LogP contribution in [0.25, 0.3) is 10.9 Å². The molecule has 0 bridgehead atoms. The number of fused-ring (bicyclic) bond motifs is 3. The quantitative estimate of drug-likeness (QED) is 0.749. The second-order valence-electron chi connectivity index (χ2n) is 4.85. The van der Waals surface area contributed by atoms with Crippen LogP contribution in [0, 0.1) is 0 Å². The number of Topliss-reactive ketones (excluding diaryl/α,β-unsaturated/α-hetero) is 1. The van der Waals surface area contributed by atoms with Crippen LogP contribution < -0.4 is 11.1 Å². The summed E-state index contributed by atoms with van der Waals surface area (Å²) in [7, 11) is 1.79. The SMILES string of the molecule is CNC1CCc2[nH]c3ccc(C(N)=O)cc3c2C1=O. The molecule has 0 saturated heterocycles. The molecule has 1 aromatic heterocycles. The summed E-state index contributed by atoms with van der Waals surface area (Å²) in [5.41, 5.74) is 8.24. The minimum atomic E-state index is -0.481. The summed E-state index contributed by atoms with van der Waals surface area (Å²) in [6.07, 6.45) is 1.62. The summed E-state index contributed by atoms with van der Waals surface area (Å²) in [6.45, 7) is 0. The van der Waals surface area contributed by atoms with E-state index in [0.29, 0.717) is 11.1 Å². The van der Waals surface area contributed by atoms with Gasteiger partial charge in [0, 0.05) is 27.7 Å². The fourth-order valence-corrected chi connectivity index (χ4v) is 2.74. The molecule has 1 aliphatic rings. The summed E-state index contributed by atoms with van der Waals surface area (Å²) in [6, 6.07) is 5.02. The molecular formula is C14H15N3O2. The third kappa shape index (κ3) is 1.74. The minimum absolute atomic E-state index is 0.0802. The molecule has 1 aliphatic carbocycles. The zero-order valence-electron chi connectivity index (χ0n) is 10.6. The summed E-state index contributed by atoms with van der Waals surface area (Å²) in [4.78, 5) is 26.9. The lowest BCUT2D eigenvalue weighted by molar-refractivity contribution is 0.0933. The topological polar surface area (TPSA) is 88.0 Å². The average molecular weight is 257 g/mol. The highest BCUT2D eigenvalue weighted by atomic mass is 16.1. The van der Waals surface area contributed by atoms with Gasteiger partial charge in [0.15, 0.2) is 5.78 Å². The average Bonchev–Trinajstić information content (AvgIpc) is 2.77. The molecule has 0 fully saturated rings. The zero-order chi connectivity index (χ0) is 13.6. The van der Waals surface area contributed by atoms with E-state index in [0.717, 1.165) is 29.4 Å². The van der Waals surface area contributed by atoms with E-state index < -0.39 is 5.91 Å². The number of primary amides is 1. The number of hydrogen-bond donors (Lipinski definition) is 3. The van der Waals surface area contributed by atoms with Gasteiger partial charge in [-0.25, -0.2) is 0 Å². The van der Waals surface area contributed by atoms with Crippen LogP contribution in [0.2, 0.25) is 0 Å². The molecule has 1 amide bonds. The van der Waals surface area contributed by atoms with Gasteiger partial charge in [0.05, 0.1) is 6.04 Å². The van der Waals surface area contributed by atoms with E-state index in [1.807, 2.05) is 0 Å². The van der Waals surface area contributed by atoms with E-state index in [1.165, 1.54) is 0 Å². The number of aryl methyl sites for hydroxylation is 1. The van der Waals surface area contributed by atoms with Crippen molar-refractivity contribution in [1.82, 2.24) is 10.3 Å². The van der Waals surface area contributed by atoms with Crippen LogP contribution in [0.15, 0.2) is 18.2 Å². The van der Waals surface area contributed by atoms with Gasteiger partial charge in [0.2, 0.25) is 5.91 Å². The molecule has 1 aromatic carbocycles. The monoisotopic (exact) mass is 257 g/mol. The largest absolute Gasteiger partial charge is 0.366 e. The number of carbonyl (C=O) groups excluding carboxylic acids is 2. The highest BCUT2D eigenvalue weighted by Gasteiger charge is 2.29. The molecule has 1 heterocycles. The van der Waals surface area contributed by atoms with Crippen molar-refractivity contribution in [2.24, 2.45) is 5.73 Å². The minimum Gasteiger partial charge on any atom is -0.366 e. The Labute approximate surface area is 110 Å². The van der Waals surface area contributed by atoms with Gasteiger partial charge in [-0.05, 0) is 38.1 Å². The van der Waals surface area contributed by atoms with E-state index in [2.05, 4.69) is 10.3 Å². The van der Waals surface area contributed by atoms with E-state index >= 15 is 0 Å². The predicted octanol–water partition coefficient (Wildman–Crippen LogP) is 0.984. The Bertz CT molecular complexity index is 687. The lowest BCUT2D eigenvalue weighted by Crippen LogP contribution is -2.37. The molecule has 1 unspecified atom stereocenters. The Morgan fingerprint density at radius 1 is 1.47 bits per heavy atom. The van der Waals surface area contributed by atoms with Crippen molar-refractivity contribution >= 4 is 22.6 Å². The maximum Gasteiger partial charge on any atom is 0.248 e. The first-order chi connectivity index (χ1) is 9.11. The Hall–Kier alpha value is -2.14. The molecule has 1 atom stereocenters. The second-order valence-corrected chi connectivity index (χ2v) is 4.85. The number of ketones is 1. The summed E-state index contributed by atoms with van der Waals surface area (Å²) >= 11 is 0. The molecule has 98 valence electrons. The van der Waals surface area contributed by atoms with Gasteiger partial charge in [-0.3, -0.25) is 9.59 Å². The van der Waals surface area contributed by atoms with Crippen molar-refractivity contribution < 1.29 is 9.59 Å². The number of benzene rings is 1. The summed E-state index contributed by atoms with van der Waals surface area (Å²) in [5.74, 6) is -0.401. The van der Waals surface area contributed by atoms with Gasteiger partial charge in [-0.15, -0.1) is 0 Å². The van der Waals surface area contributed by atoms with E-state index in [1.54, 1.807) is 25.2 Å². The van der Waals surface area contributed by atoms with Gasteiger partial charge < -0.3 is 16.0 Å². The van der Waals surface area contributed by atoms with Gasteiger partial charge in [0.25, 0.3) is 0 Å². The normalized spacial score (nSPS) is 18.6. The fraction of sp³-hybridized carbons (Fsp3) is 0.286. The van der Waals surface area contributed by atoms with Crippen molar-refractivity contribution in [3.05, 3.63) is 35.0 Å². The fourth-order valence-electron chi connectivity index (χ4n) is 2.74. The zero-order valence-corrected chi connectivity index (χ0v) is 10.6. The number of nitrogens with two attached hydrogens (primary N) is 1. The Morgan fingerprint density at radius 3 is 2.95 bits per heavy atom. The number of rotatable bonds is 2. The van der Waals surface area contributed by atoms with Crippen LogP contribution in [0.4, 0.5) is 0 Å². The van der Waals surface area contributed by atoms with Crippen molar-refractivity contribution in [2.45, 2.75) is 18.9 Å². The molecule has 19 heavy (non-hydrogen) atoms. The van der Waals surface area contributed by atoms with Crippen molar-refractivity contribution in [1.29, 1.82) is 0 Å². The number of likely N-dealkylation sites (N-methyl/N-ethyl adjacent to an activating group) is 1. The lowest BCUT2D eigenvalue weighted by Gasteiger charge is -2.20. The number of carbonyl (C=O) groups is 2. The summed E-state index contributed by atoms with van der Waals surface area (Å²) < 4.78 is 0. The first-order valence-corrected chi connectivity index (χ1v) is 6.27. The van der Waals surface area contributed by atoms with E-state index in [-0.39, 0.29) is 11.8 Å². The van der Waals surface area contributed by atoms with Crippen LogP contribution in [0.5, 0.6) is 0 Å². The molecule has 5 heteroatoms. The van der Waals surface area contributed by atoms with Crippen molar-refractivity contribution in [2.75, 3.05) is 7.05 Å². The van der Waals surface area contributed by atoms with Gasteiger partial charge >= 0.3 is 0 Å². The first kappa shape index (κ1) is 11.9. The smallest absolute Gasteiger partial charge is 0.248 e. The molecule has 2 aromatic rings. The molecule has 0 spiro atoms. The molecular weight excluding hydrogens is 242 g/mol. The number of amides is 1. The standard InChI is InChI=1S/C14H15N3O2/c1-16-11-5-4-10-12(13(11)18)8-6-7(14(15)19)2-3-9(8)17-10/h2-3,6,11,16-17H,4-5H2,1H3,(H2,15,19). The highest BCUT2D eigenvalue weighted by molar-refractivity contribution is 6.13. The number of H-pyrrole nitrogens is 1. The van der Waals surface area contributed by atoms with E-state index in [4.69, 9.17) is 5.73 Å². The third-order valence-corrected chi connectivity index (χ3v) is 3.76. The van der Waals surface area contributed by atoms with Gasteiger partial charge in [-0.1, -0.05) is 0 Å². The molecule has 0 radical (unpaired) electrons.